The summed E-state index contributed by atoms with van der Waals surface area (Å²) in [6.45, 7) is 4.60. The number of benzene rings is 4. The Labute approximate surface area is 175 Å². The van der Waals surface area contributed by atoms with Crippen LogP contribution in [0.2, 0.25) is 5.02 Å². The topological polar surface area (TPSA) is 4.93 Å². The van der Waals surface area contributed by atoms with Gasteiger partial charge in [-0.1, -0.05) is 67.9 Å². The molecule has 0 amide bonds. The predicted octanol–water partition coefficient (Wildman–Crippen LogP) is 7.74. The van der Waals surface area contributed by atoms with E-state index >= 15 is 0 Å². The van der Waals surface area contributed by atoms with Crippen LogP contribution in [0.15, 0.2) is 84.9 Å². The summed E-state index contributed by atoms with van der Waals surface area (Å²) in [5.41, 5.74) is 8.90. The van der Waals surface area contributed by atoms with Crippen LogP contribution in [0.3, 0.4) is 0 Å². The standard InChI is InChI=1S/C27H20ClN/c1-27(2)23-14-17(28)12-13-19(23)21-15-22-20-10-6-7-11-25(20)29(26(22)16-24(21)27)18-8-4-3-5-9-18/h3-16H,1-2H3. The average Bonchev–Trinajstić information content (AvgIpc) is 3.17. The van der Waals surface area contributed by atoms with Crippen LogP contribution in [0.5, 0.6) is 0 Å². The van der Waals surface area contributed by atoms with Gasteiger partial charge in [0.1, 0.15) is 0 Å². The van der Waals surface area contributed by atoms with Crippen LogP contribution in [0.4, 0.5) is 0 Å². The third-order valence-corrected chi connectivity index (χ3v) is 6.68. The van der Waals surface area contributed by atoms with Crippen molar-refractivity contribution in [1.82, 2.24) is 4.57 Å². The number of hydrogen-bond donors (Lipinski definition) is 0. The molecular weight excluding hydrogens is 374 g/mol. The molecule has 1 aromatic heterocycles. The van der Waals surface area contributed by atoms with E-state index < -0.39 is 0 Å². The summed E-state index contributed by atoms with van der Waals surface area (Å²) in [6.07, 6.45) is 0. The van der Waals surface area contributed by atoms with Crippen molar-refractivity contribution in [2.24, 2.45) is 0 Å². The molecule has 1 heterocycles. The lowest BCUT2D eigenvalue weighted by molar-refractivity contribution is 0.661. The van der Waals surface area contributed by atoms with Gasteiger partial charge in [-0.3, -0.25) is 0 Å². The number of aromatic nitrogens is 1. The van der Waals surface area contributed by atoms with E-state index in [9.17, 15) is 0 Å². The van der Waals surface area contributed by atoms with Crippen LogP contribution in [0.1, 0.15) is 25.0 Å². The van der Waals surface area contributed by atoms with Gasteiger partial charge in [-0.05, 0) is 64.7 Å². The zero-order chi connectivity index (χ0) is 19.8. The number of halogens is 1. The molecule has 0 saturated heterocycles. The summed E-state index contributed by atoms with van der Waals surface area (Å²) < 4.78 is 2.39. The Hall–Kier alpha value is -3.03. The van der Waals surface area contributed by atoms with Crippen molar-refractivity contribution in [2.75, 3.05) is 0 Å². The molecule has 0 N–H and O–H groups in total. The maximum Gasteiger partial charge on any atom is 0.0544 e. The Morgan fingerprint density at radius 1 is 0.655 bits per heavy atom. The van der Waals surface area contributed by atoms with E-state index in [2.05, 4.69) is 97.3 Å². The third-order valence-electron chi connectivity index (χ3n) is 6.44. The van der Waals surface area contributed by atoms with Gasteiger partial charge >= 0.3 is 0 Å². The van der Waals surface area contributed by atoms with Crippen molar-refractivity contribution in [3.8, 4) is 16.8 Å². The van der Waals surface area contributed by atoms with Gasteiger partial charge in [-0.15, -0.1) is 0 Å². The first kappa shape index (κ1) is 16.9. The van der Waals surface area contributed by atoms with Crippen molar-refractivity contribution < 1.29 is 0 Å². The Balaban J connectivity index is 1.77. The fourth-order valence-corrected chi connectivity index (χ4v) is 5.20. The molecule has 0 spiro atoms. The monoisotopic (exact) mass is 393 g/mol. The van der Waals surface area contributed by atoms with Gasteiger partial charge in [0.25, 0.3) is 0 Å². The molecule has 0 saturated carbocycles. The fraction of sp³-hybridized carbons (Fsp3) is 0.111. The van der Waals surface area contributed by atoms with Crippen LogP contribution in [0, 0.1) is 0 Å². The molecule has 1 aliphatic carbocycles. The number of hydrogen-bond acceptors (Lipinski definition) is 0. The second kappa shape index (κ2) is 5.75. The number of nitrogens with zero attached hydrogens (tertiary/aromatic N) is 1. The van der Waals surface area contributed by atoms with E-state index in [1.54, 1.807) is 0 Å². The summed E-state index contributed by atoms with van der Waals surface area (Å²) in [4.78, 5) is 0. The number of para-hydroxylation sites is 2. The van der Waals surface area contributed by atoms with Gasteiger partial charge in [-0.25, -0.2) is 0 Å². The molecule has 1 nitrogen and oxygen atoms in total. The Morgan fingerprint density at radius 2 is 1.38 bits per heavy atom. The van der Waals surface area contributed by atoms with Crippen LogP contribution < -0.4 is 0 Å². The normalized spacial score (nSPS) is 14.3. The van der Waals surface area contributed by atoms with Crippen molar-refractivity contribution in [1.29, 1.82) is 0 Å². The zero-order valence-electron chi connectivity index (χ0n) is 16.4. The fourth-order valence-electron chi connectivity index (χ4n) is 5.02. The minimum absolute atomic E-state index is 0.0816. The minimum atomic E-state index is -0.0816. The van der Waals surface area contributed by atoms with Crippen LogP contribution in [-0.2, 0) is 5.41 Å². The van der Waals surface area contributed by atoms with E-state index in [1.807, 2.05) is 6.07 Å². The van der Waals surface area contributed by atoms with Crippen LogP contribution in [-0.4, -0.2) is 4.57 Å². The molecule has 0 radical (unpaired) electrons. The van der Waals surface area contributed by atoms with Crippen molar-refractivity contribution in [3.63, 3.8) is 0 Å². The smallest absolute Gasteiger partial charge is 0.0544 e. The van der Waals surface area contributed by atoms with Gasteiger partial charge in [0.15, 0.2) is 0 Å². The molecule has 0 atom stereocenters. The SMILES string of the molecule is CC1(C)c2cc(Cl)ccc2-c2cc3c4ccccc4n(-c4ccccc4)c3cc21. The molecular formula is C27H20ClN. The molecule has 4 aromatic carbocycles. The molecule has 6 rings (SSSR count). The Bertz CT molecular complexity index is 1420. The van der Waals surface area contributed by atoms with Crippen molar-refractivity contribution in [2.45, 2.75) is 19.3 Å². The Morgan fingerprint density at radius 3 is 2.21 bits per heavy atom. The lowest BCUT2D eigenvalue weighted by Gasteiger charge is -2.22. The first-order valence-electron chi connectivity index (χ1n) is 9.99. The highest BCUT2D eigenvalue weighted by atomic mass is 35.5. The molecule has 0 aliphatic heterocycles. The second-order valence-corrected chi connectivity index (χ2v) is 8.85. The lowest BCUT2D eigenvalue weighted by Crippen LogP contribution is -2.15. The van der Waals surface area contributed by atoms with Crippen molar-refractivity contribution >= 4 is 33.4 Å². The van der Waals surface area contributed by atoms with Crippen LogP contribution >= 0.6 is 11.6 Å². The van der Waals surface area contributed by atoms with E-state index in [0.717, 1.165) is 5.02 Å². The molecule has 0 bridgehead atoms. The van der Waals surface area contributed by atoms with E-state index in [-0.39, 0.29) is 5.41 Å². The van der Waals surface area contributed by atoms with Gasteiger partial charge in [0.2, 0.25) is 0 Å². The highest BCUT2D eigenvalue weighted by Crippen LogP contribution is 2.51. The van der Waals surface area contributed by atoms with Gasteiger partial charge in [0.05, 0.1) is 11.0 Å². The largest absolute Gasteiger partial charge is 0.309 e. The van der Waals surface area contributed by atoms with Gasteiger partial charge in [0, 0.05) is 26.9 Å². The third kappa shape index (κ3) is 2.22. The number of fused-ring (bicyclic) bond motifs is 6. The first-order valence-corrected chi connectivity index (χ1v) is 10.4. The highest BCUT2D eigenvalue weighted by molar-refractivity contribution is 6.30. The zero-order valence-corrected chi connectivity index (χ0v) is 17.2. The van der Waals surface area contributed by atoms with E-state index in [4.69, 9.17) is 11.6 Å². The summed E-state index contributed by atoms with van der Waals surface area (Å²) in [7, 11) is 0. The molecule has 2 heteroatoms. The molecule has 0 fully saturated rings. The molecule has 0 unspecified atom stereocenters. The maximum absolute atomic E-state index is 6.36. The van der Waals surface area contributed by atoms with Crippen LogP contribution in [0.25, 0.3) is 38.6 Å². The maximum atomic E-state index is 6.36. The average molecular weight is 394 g/mol. The predicted molar refractivity (Wildman–Crippen MR) is 123 cm³/mol. The van der Waals surface area contributed by atoms with E-state index in [1.165, 1.54) is 49.7 Å². The quantitative estimate of drug-likeness (QED) is 0.274. The number of rotatable bonds is 1. The van der Waals surface area contributed by atoms with Gasteiger partial charge < -0.3 is 4.57 Å². The molecule has 1 aliphatic rings. The second-order valence-electron chi connectivity index (χ2n) is 8.42. The molecule has 140 valence electrons. The summed E-state index contributed by atoms with van der Waals surface area (Å²) in [5, 5.41) is 3.38. The highest BCUT2D eigenvalue weighted by Gasteiger charge is 2.36. The summed E-state index contributed by atoms with van der Waals surface area (Å²) >= 11 is 6.36. The Kier molecular flexibility index (Phi) is 3.34. The van der Waals surface area contributed by atoms with Gasteiger partial charge in [-0.2, -0.15) is 0 Å². The first-order chi connectivity index (χ1) is 14.1. The summed E-state index contributed by atoms with van der Waals surface area (Å²) in [5.74, 6) is 0. The summed E-state index contributed by atoms with van der Waals surface area (Å²) in [6, 6.07) is 30.4. The van der Waals surface area contributed by atoms with E-state index in [0.29, 0.717) is 0 Å². The van der Waals surface area contributed by atoms with Crippen molar-refractivity contribution in [3.05, 3.63) is 101 Å². The lowest BCUT2D eigenvalue weighted by atomic mass is 9.82. The minimum Gasteiger partial charge on any atom is -0.309 e. The molecule has 5 aromatic rings. The molecule has 29 heavy (non-hydrogen) atoms.